The SMILES string of the molecule is O=C(O)c1ccc(CCN2C(=O)/C(=C/c3cc(-c4ccc(Cl)cc4Cl)ccc3OCCN3CCCC3)SC2=S)cc1. The van der Waals surface area contributed by atoms with E-state index >= 15 is 0 Å². The lowest BCUT2D eigenvalue weighted by molar-refractivity contribution is -0.122. The fraction of sp³-hybridized carbons (Fsp3) is 0.258. The summed E-state index contributed by atoms with van der Waals surface area (Å²) in [7, 11) is 0. The molecule has 0 aromatic heterocycles. The van der Waals surface area contributed by atoms with Gasteiger partial charge in [-0.15, -0.1) is 0 Å². The molecule has 1 amide bonds. The molecule has 10 heteroatoms. The summed E-state index contributed by atoms with van der Waals surface area (Å²) < 4.78 is 6.70. The van der Waals surface area contributed by atoms with Gasteiger partial charge in [0, 0.05) is 34.3 Å². The lowest BCUT2D eigenvalue weighted by Gasteiger charge is -2.17. The normalized spacial score (nSPS) is 16.6. The molecular weight excluding hydrogens is 599 g/mol. The van der Waals surface area contributed by atoms with E-state index in [0.29, 0.717) is 44.6 Å². The van der Waals surface area contributed by atoms with Crippen LogP contribution in [0.3, 0.4) is 0 Å². The predicted octanol–water partition coefficient (Wildman–Crippen LogP) is 7.28. The molecule has 0 bridgehead atoms. The molecule has 0 unspecified atom stereocenters. The van der Waals surface area contributed by atoms with E-state index in [1.165, 1.54) is 24.6 Å². The van der Waals surface area contributed by atoms with Gasteiger partial charge in [-0.05, 0) is 86.0 Å². The van der Waals surface area contributed by atoms with Gasteiger partial charge in [0.15, 0.2) is 0 Å². The van der Waals surface area contributed by atoms with Gasteiger partial charge in [0.05, 0.1) is 10.5 Å². The van der Waals surface area contributed by atoms with Crippen molar-refractivity contribution in [3.8, 4) is 16.9 Å². The minimum atomic E-state index is -0.972. The van der Waals surface area contributed by atoms with Crippen molar-refractivity contribution in [1.29, 1.82) is 0 Å². The zero-order chi connectivity index (χ0) is 28.9. The van der Waals surface area contributed by atoms with Crippen LogP contribution < -0.4 is 4.74 Å². The summed E-state index contributed by atoms with van der Waals surface area (Å²) in [5, 5.41) is 10.2. The minimum absolute atomic E-state index is 0.167. The highest BCUT2D eigenvalue weighted by molar-refractivity contribution is 8.26. The van der Waals surface area contributed by atoms with E-state index in [1.807, 2.05) is 30.3 Å². The number of halogens is 2. The van der Waals surface area contributed by atoms with Crippen LogP contribution in [0.2, 0.25) is 10.0 Å². The number of carboxylic acid groups (broad SMARTS) is 1. The summed E-state index contributed by atoms with van der Waals surface area (Å²) in [4.78, 5) is 29.0. The molecule has 3 aromatic carbocycles. The first-order valence-corrected chi connectivity index (χ1v) is 15.3. The maximum Gasteiger partial charge on any atom is 0.335 e. The van der Waals surface area contributed by atoms with E-state index in [-0.39, 0.29) is 11.5 Å². The van der Waals surface area contributed by atoms with Crippen molar-refractivity contribution in [2.45, 2.75) is 19.3 Å². The van der Waals surface area contributed by atoms with Gasteiger partial charge in [-0.1, -0.05) is 71.4 Å². The number of carboxylic acids is 1. The quantitative estimate of drug-likeness (QED) is 0.187. The Balaban J connectivity index is 1.36. The third-order valence-electron chi connectivity index (χ3n) is 7.10. The standard InChI is InChI=1S/C31H28Cl2N2O4S2/c32-24-8-9-25(26(33)19-24)22-7-10-27(39-16-15-34-12-1-2-13-34)23(17-22)18-28-29(36)35(31(40)41-28)14-11-20-3-5-21(6-4-20)30(37)38/h3-10,17-19H,1-2,11-16H2,(H,37,38)/b28-18-. The maximum atomic E-state index is 13.4. The molecule has 5 rings (SSSR count). The third kappa shape index (κ3) is 7.31. The van der Waals surface area contributed by atoms with Crippen LogP contribution in [0.5, 0.6) is 5.75 Å². The highest BCUT2D eigenvalue weighted by atomic mass is 35.5. The number of thioether (sulfide) groups is 1. The number of hydrogen-bond acceptors (Lipinski definition) is 6. The van der Waals surface area contributed by atoms with Crippen molar-refractivity contribution in [1.82, 2.24) is 9.80 Å². The van der Waals surface area contributed by atoms with Crippen molar-refractivity contribution < 1.29 is 19.4 Å². The number of hydrogen-bond donors (Lipinski definition) is 1. The van der Waals surface area contributed by atoms with Gasteiger partial charge in [0.2, 0.25) is 0 Å². The Bertz CT molecular complexity index is 1500. The number of aromatic carboxylic acids is 1. The number of amides is 1. The molecular formula is C31H28Cl2N2O4S2. The number of ether oxygens (including phenoxy) is 1. The number of likely N-dealkylation sites (tertiary alicyclic amines) is 1. The molecule has 2 aliphatic rings. The Morgan fingerprint density at radius 1 is 1.02 bits per heavy atom. The van der Waals surface area contributed by atoms with E-state index in [1.54, 1.807) is 41.3 Å². The molecule has 2 fully saturated rings. The Hall–Kier alpha value is -2.88. The lowest BCUT2D eigenvalue weighted by atomic mass is 10.0. The summed E-state index contributed by atoms with van der Waals surface area (Å²) in [6.07, 6.45) is 4.82. The highest BCUT2D eigenvalue weighted by Gasteiger charge is 2.32. The second kappa shape index (κ2) is 13.4. The topological polar surface area (TPSA) is 70.1 Å². The van der Waals surface area contributed by atoms with Crippen LogP contribution >= 0.6 is 47.2 Å². The Morgan fingerprint density at radius 2 is 1.78 bits per heavy atom. The predicted molar refractivity (Wildman–Crippen MR) is 170 cm³/mol. The van der Waals surface area contributed by atoms with Crippen molar-refractivity contribution in [3.63, 3.8) is 0 Å². The van der Waals surface area contributed by atoms with E-state index in [2.05, 4.69) is 4.90 Å². The molecule has 1 N–H and O–H groups in total. The maximum absolute atomic E-state index is 13.4. The van der Waals surface area contributed by atoms with E-state index < -0.39 is 5.97 Å². The van der Waals surface area contributed by atoms with Crippen LogP contribution in [0.4, 0.5) is 0 Å². The van der Waals surface area contributed by atoms with Gasteiger partial charge < -0.3 is 9.84 Å². The molecule has 0 spiro atoms. The highest BCUT2D eigenvalue weighted by Crippen LogP contribution is 2.37. The smallest absolute Gasteiger partial charge is 0.335 e. The average molecular weight is 628 g/mol. The number of benzene rings is 3. The summed E-state index contributed by atoms with van der Waals surface area (Å²) in [6, 6.07) is 17.9. The van der Waals surface area contributed by atoms with Gasteiger partial charge in [0.25, 0.3) is 5.91 Å². The molecule has 2 saturated heterocycles. The summed E-state index contributed by atoms with van der Waals surface area (Å²) in [5.41, 5.74) is 3.62. The van der Waals surface area contributed by atoms with Gasteiger partial charge in [0.1, 0.15) is 16.7 Å². The third-order valence-corrected chi connectivity index (χ3v) is 9.03. The Kier molecular flexibility index (Phi) is 9.68. The van der Waals surface area contributed by atoms with Gasteiger partial charge in [-0.2, -0.15) is 0 Å². The molecule has 6 nitrogen and oxygen atoms in total. The molecule has 0 aliphatic carbocycles. The molecule has 0 radical (unpaired) electrons. The molecule has 2 aliphatic heterocycles. The van der Waals surface area contributed by atoms with Crippen molar-refractivity contribution >= 4 is 69.5 Å². The van der Waals surface area contributed by atoms with Crippen LogP contribution in [-0.2, 0) is 11.2 Å². The number of rotatable bonds is 10. The Morgan fingerprint density at radius 3 is 2.49 bits per heavy atom. The largest absolute Gasteiger partial charge is 0.492 e. The summed E-state index contributed by atoms with van der Waals surface area (Å²) >= 11 is 19.4. The Labute approximate surface area is 258 Å². The van der Waals surface area contributed by atoms with Crippen LogP contribution in [0.1, 0.15) is 34.3 Å². The van der Waals surface area contributed by atoms with Gasteiger partial charge in [-0.25, -0.2) is 4.79 Å². The lowest BCUT2D eigenvalue weighted by Crippen LogP contribution is -2.30. The van der Waals surface area contributed by atoms with E-state index in [4.69, 9.17) is 45.3 Å². The second-order valence-corrected chi connectivity index (χ2v) is 12.4. The zero-order valence-corrected chi connectivity index (χ0v) is 25.3. The summed E-state index contributed by atoms with van der Waals surface area (Å²) in [5.74, 6) is -0.456. The zero-order valence-electron chi connectivity index (χ0n) is 22.1. The molecule has 3 aromatic rings. The molecule has 0 atom stereocenters. The van der Waals surface area contributed by atoms with Gasteiger partial charge >= 0.3 is 5.97 Å². The first kappa shape index (κ1) is 29.6. The number of thiocarbonyl (C=S) groups is 1. The van der Waals surface area contributed by atoms with E-state index in [0.717, 1.165) is 41.9 Å². The average Bonchev–Trinajstić information content (AvgIpc) is 3.56. The fourth-order valence-electron chi connectivity index (χ4n) is 4.86. The molecule has 2 heterocycles. The first-order chi connectivity index (χ1) is 19.8. The molecule has 41 heavy (non-hydrogen) atoms. The second-order valence-electron chi connectivity index (χ2n) is 9.86. The molecule has 0 saturated carbocycles. The first-order valence-electron chi connectivity index (χ1n) is 13.3. The van der Waals surface area contributed by atoms with Crippen LogP contribution in [0.25, 0.3) is 17.2 Å². The van der Waals surface area contributed by atoms with Gasteiger partial charge in [-0.3, -0.25) is 14.6 Å². The van der Waals surface area contributed by atoms with Crippen LogP contribution in [-0.4, -0.2) is 63.9 Å². The number of nitrogens with zero attached hydrogens (tertiary/aromatic N) is 2. The van der Waals surface area contributed by atoms with Crippen LogP contribution in [0, 0.1) is 0 Å². The molecule has 212 valence electrons. The minimum Gasteiger partial charge on any atom is -0.492 e. The number of carbonyl (C=O) groups excluding carboxylic acids is 1. The van der Waals surface area contributed by atoms with E-state index in [9.17, 15) is 9.59 Å². The number of carbonyl (C=O) groups is 2. The van der Waals surface area contributed by atoms with Crippen LogP contribution in [0.15, 0.2) is 65.6 Å². The summed E-state index contributed by atoms with van der Waals surface area (Å²) in [6.45, 7) is 3.98. The van der Waals surface area contributed by atoms with Crippen molar-refractivity contribution in [2.24, 2.45) is 0 Å². The van der Waals surface area contributed by atoms with Crippen molar-refractivity contribution in [2.75, 3.05) is 32.8 Å². The monoisotopic (exact) mass is 626 g/mol. The van der Waals surface area contributed by atoms with Crippen molar-refractivity contribution in [3.05, 3.63) is 92.3 Å². The fourth-order valence-corrected chi connectivity index (χ4v) is 6.68.